The summed E-state index contributed by atoms with van der Waals surface area (Å²) in [6, 6.07) is 4.08. The van der Waals surface area contributed by atoms with E-state index in [1.54, 1.807) is 0 Å². The van der Waals surface area contributed by atoms with Gasteiger partial charge in [-0.3, -0.25) is 14.9 Å². The Morgan fingerprint density at radius 3 is 2.59 bits per heavy atom. The standard InChI is InChI=1S/C14H19N3O4.ClH/c1-21-12-8-10(4-5-11(12)17(19)20)13(18)16-14(9-15)6-2-3-7-14;/h4-5,8H,2-3,6-7,9,15H2,1H3,(H,16,18);1H. The average molecular weight is 330 g/mol. The van der Waals surface area contributed by atoms with Gasteiger partial charge >= 0.3 is 5.69 Å². The smallest absolute Gasteiger partial charge is 0.310 e. The monoisotopic (exact) mass is 329 g/mol. The van der Waals surface area contributed by atoms with Crippen LogP contribution in [0.1, 0.15) is 36.0 Å². The molecule has 7 nitrogen and oxygen atoms in total. The Balaban J connectivity index is 0.00000242. The van der Waals surface area contributed by atoms with Gasteiger partial charge in [0.1, 0.15) is 0 Å². The lowest BCUT2D eigenvalue weighted by Gasteiger charge is -2.28. The SMILES string of the molecule is COc1cc(C(=O)NC2(CN)CCCC2)ccc1[N+](=O)[O-].Cl. The zero-order valence-corrected chi connectivity index (χ0v) is 13.1. The molecule has 22 heavy (non-hydrogen) atoms. The van der Waals surface area contributed by atoms with E-state index < -0.39 is 4.92 Å². The number of methoxy groups -OCH3 is 1. The van der Waals surface area contributed by atoms with Crippen molar-refractivity contribution in [3.63, 3.8) is 0 Å². The summed E-state index contributed by atoms with van der Waals surface area (Å²) >= 11 is 0. The van der Waals surface area contributed by atoms with Crippen molar-refractivity contribution in [2.45, 2.75) is 31.2 Å². The minimum Gasteiger partial charge on any atom is -0.490 e. The van der Waals surface area contributed by atoms with Gasteiger partial charge in [0, 0.05) is 24.2 Å². The molecule has 1 aromatic carbocycles. The molecule has 0 radical (unpaired) electrons. The summed E-state index contributed by atoms with van der Waals surface area (Å²) in [4.78, 5) is 22.6. The third-order valence-corrected chi connectivity index (χ3v) is 3.97. The molecule has 0 unspecified atom stereocenters. The number of nitro benzene ring substituents is 1. The van der Waals surface area contributed by atoms with Gasteiger partial charge in [0.15, 0.2) is 5.75 Å². The fourth-order valence-corrected chi connectivity index (χ4v) is 2.71. The molecule has 0 saturated heterocycles. The van der Waals surface area contributed by atoms with Gasteiger partial charge in [0.25, 0.3) is 5.91 Å². The van der Waals surface area contributed by atoms with E-state index in [1.807, 2.05) is 0 Å². The van der Waals surface area contributed by atoms with Crippen LogP contribution in [0.2, 0.25) is 0 Å². The largest absolute Gasteiger partial charge is 0.490 e. The molecule has 1 aromatic rings. The van der Waals surface area contributed by atoms with E-state index in [0.717, 1.165) is 25.7 Å². The second kappa shape index (κ2) is 7.42. The molecule has 8 heteroatoms. The van der Waals surface area contributed by atoms with Crippen molar-refractivity contribution in [2.24, 2.45) is 5.73 Å². The summed E-state index contributed by atoms with van der Waals surface area (Å²) in [5.41, 5.74) is 5.60. The molecule has 1 aliphatic rings. The van der Waals surface area contributed by atoms with Crippen LogP contribution in [-0.4, -0.2) is 30.0 Å². The lowest BCUT2D eigenvalue weighted by atomic mass is 9.97. The first kappa shape index (κ1) is 18.2. The predicted octanol–water partition coefficient (Wildman–Crippen LogP) is 2.03. The quantitative estimate of drug-likeness (QED) is 0.634. The summed E-state index contributed by atoms with van der Waals surface area (Å²) < 4.78 is 4.97. The number of hydrogen-bond donors (Lipinski definition) is 2. The molecule has 0 heterocycles. The molecule has 0 aromatic heterocycles. The van der Waals surface area contributed by atoms with Crippen LogP contribution in [0.15, 0.2) is 18.2 Å². The van der Waals surface area contributed by atoms with Gasteiger partial charge in [0.05, 0.1) is 17.6 Å². The zero-order chi connectivity index (χ0) is 15.5. The summed E-state index contributed by atoms with van der Waals surface area (Å²) in [5, 5.41) is 13.8. The molecule has 0 atom stereocenters. The highest BCUT2D eigenvalue weighted by Gasteiger charge is 2.34. The Morgan fingerprint density at radius 2 is 2.09 bits per heavy atom. The molecule has 1 fully saturated rings. The van der Waals surface area contributed by atoms with E-state index >= 15 is 0 Å². The van der Waals surface area contributed by atoms with Gasteiger partial charge in [0.2, 0.25) is 0 Å². The molecule has 1 saturated carbocycles. The van der Waals surface area contributed by atoms with E-state index in [0.29, 0.717) is 12.1 Å². The first-order valence-corrected chi connectivity index (χ1v) is 6.86. The van der Waals surface area contributed by atoms with Crippen molar-refractivity contribution in [3.8, 4) is 5.75 Å². The number of ether oxygens (including phenoxy) is 1. The fraction of sp³-hybridized carbons (Fsp3) is 0.500. The van der Waals surface area contributed by atoms with E-state index in [4.69, 9.17) is 10.5 Å². The van der Waals surface area contributed by atoms with Crippen LogP contribution in [0.25, 0.3) is 0 Å². The van der Waals surface area contributed by atoms with Crippen molar-refractivity contribution in [3.05, 3.63) is 33.9 Å². The highest BCUT2D eigenvalue weighted by atomic mass is 35.5. The summed E-state index contributed by atoms with van der Waals surface area (Å²) in [5.74, 6) is -0.212. The van der Waals surface area contributed by atoms with Crippen molar-refractivity contribution in [2.75, 3.05) is 13.7 Å². The predicted molar refractivity (Wildman–Crippen MR) is 84.6 cm³/mol. The van der Waals surface area contributed by atoms with Crippen molar-refractivity contribution in [1.82, 2.24) is 5.32 Å². The molecular weight excluding hydrogens is 310 g/mol. The van der Waals surface area contributed by atoms with Crippen LogP contribution in [-0.2, 0) is 0 Å². The summed E-state index contributed by atoms with van der Waals surface area (Å²) in [6.45, 7) is 0.392. The zero-order valence-electron chi connectivity index (χ0n) is 12.3. The number of carbonyl (C=O) groups is 1. The summed E-state index contributed by atoms with van der Waals surface area (Å²) in [7, 11) is 1.34. The number of halogens is 1. The van der Waals surface area contributed by atoms with Crippen LogP contribution in [0, 0.1) is 10.1 Å². The molecule has 2 rings (SSSR count). The minimum absolute atomic E-state index is 0. The second-order valence-corrected chi connectivity index (χ2v) is 5.29. The number of rotatable bonds is 5. The van der Waals surface area contributed by atoms with Crippen molar-refractivity contribution in [1.29, 1.82) is 0 Å². The first-order chi connectivity index (χ1) is 10.0. The van der Waals surface area contributed by atoms with Gasteiger partial charge in [-0.15, -0.1) is 12.4 Å². The molecule has 3 N–H and O–H groups in total. The van der Waals surface area contributed by atoms with E-state index in [2.05, 4.69) is 5.32 Å². The number of nitro groups is 1. The maximum atomic E-state index is 12.3. The van der Waals surface area contributed by atoms with E-state index in [-0.39, 0.29) is 35.3 Å². The van der Waals surface area contributed by atoms with Gasteiger partial charge in [-0.05, 0) is 18.9 Å². The Morgan fingerprint density at radius 1 is 1.45 bits per heavy atom. The van der Waals surface area contributed by atoms with Gasteiger partial charge in [-0.1, -0.05) is 12.8 Å². The third-order valence-electron chi connectivity index (χ3n) is 3.97. The number of benzene rings is 1. The van der Waals surface area contributed by atoms with Crippen molar-refractivity contribution >= 4 is 24.0 Å². The number of hydrogen-bond acceptors (Lipinski definition) is 5. The molecular formula is C14H20ClN3O4. The lowest BCUT2D eigenvalue weighted by Crippen LogP contribution is -2.51. The second-order valence-electron chi connectivity index (χ2n) is 5.29. The maximum absolute atomic E-state index is 12.3. The average Bonchev–Trinajstić information content (AvgIpc) is 2.95. The first-order valence-electron chi connectivity index (χ1n) is 6.86. The topological polar surface area (TPSA) is 107 Å². The molecule has 1 amide bonds. The molecule has 0 spiro atoms. The maximum Gasteiger partial charge on any atom is 0.310 e. The number of nitrogens with one attached hydrogen (secondary N) is 1. The van der Waals surface area contributed by atoms with Crippen molar-refractivity contribution < 1.29 is 14.5 Å². The van der Waals surface area contributed by atoms with Crippen LogP contribution in [0.4, 0.5) is 5.69 Å². The Kier molecular flexibility index (Phi) is 6.13. The molecule has 0 bridgehead atoms. The van der Waals surface area contributed by atoms with Gasteiger partial charge < -0.3 is 15.8 Å². The Hall–Kier alpha value is -1.86. The third kappa shape index (κ3) is 3.66. The summed E-state index contributed by atoms with van der Waals surface area (Å²) in [6.07, 6.45) is 3.81. The Bertz CT molecular complexity index is 559. The number of nitrogens with two attached hydrogens (primary N) is 1. The lowest BCUT2D eigenvalue weighted by molar-refractivity contribution is -0.385. The number of amides is 1. The normalized spacial score (nSPS) is 15.7. The highest BCUT2D eigenvalue weighted by Crippen LogP contribution is 2.30. The molecule has 0 aliphatic heterocycles. The van der Waals surface area contributed by atoms with Gasteiger partial charge in [-0.25, -0.2) is 0 Å². The fourth-order valence-electron chi connectivity index (χ4n) is 2.71. The molecule has 1 aliphatic carbocycles. The van der Waals surface area contributed by atoms with Crippen LogP contribution < -0.4 is 15.8 Å². The highest BCUT2D eigenvalue weighted by molar-refractivity contribution is 5.95. The van der Waals surface area contributed by atoms with Crippen LogP contribution in [0.3, 0.4) is 0 Å². The van der Waals surface area contributed by atoms with Crippen LogP contribution >= 0.6 is 12.4 Å². The number of nitrogens with zero attached hydrogens (tertiary/aromatic N) is 1. The van der Waals surface area contributed by atoms with Gasteiger partial charge in [-0.2, -0.15) is 0 Å². The number of carbonyl (C=O) groups excluding carboxylic acids is 1. The van der Waals surface area contributed by atoms with Crippen LogP contribution in [0.5, 0.6) is 5.75 Å². The minimum atomic E-state index is -0.543. The molecule has 122 valence electrons. The van der Waals surface area contributed by atoms with E-state index in [9.17, 15) is 14.9 Å². The van der Waals surface area contributed by atoms with E-state index in [1.165, 1.54) is 25.3 Å². The Labute approximate surface area is 134 Å².